The van der Waals surface area contributed by atoms with E-state index in [1.165, 1.54) is 31.9 Å². The minimum atomic E-state index is -0.0921. The van der Waals surface area contributed by atoms with Crippen molar-refractivity contribution < 1.29 is 9.15 Å². The fraction of sp³-hybridized carbons (Fsp3) is 0. The van der Waals surface area contributed by atoms with Crippen LogP contribution < -0.4 is 51.0 Å². The van der Waals surface area contributed by atoms with E-state index in [1.807, 2.05) is 23.7 Å². The van der Waals surface area contributed by atoms with Gasteiger partial charge < -0.3 is 23.9 Å². The zero-order chi connectivity index (χ0) is 35.8. The summed E-state index contributed by atoms with van der Waals surface area (Å²) in [5.41, 5.74) is 15.3. The van der Waals surface area contributed by atoms with E-state index in [-0.39, 0.29) is 13.4 Å². The zero-order valence-corrected chi connectivity index (χ0v) is 30.7. The summed E-state index contributed by atoms with van der Waals surface area (Å²) in [4.78, 5) is 12.0. The van der Waals surface area contributed by atoms with Crippen LogP contribution in [0.15, 0.2) is 161 Å². The summed E-state index contributed by atoms with van der Waals surface area (Å²) < 4.78 is 16.7. The average Bonchev–Trinajstić information content (AvgIpc) is 4.01. The minimum absolute atomic E-state index is 0.00724. The summed E-state index contributed by atoms with van der Waals surface area (Å²) in [6, 6.07) is 47.4. The van der Waals surface area contributed by atoms with Crippen LogP contribution in [0.2, 0.25) is 0 Å². The monoisotopic (exact) mass is 740 g/mol. The lowest BCUT2D eigenvalue weighted by atomic mass is 9.36. The van der Waals surface area contributed by atoms with E-state index in [0.29, 0.717) is 0 Å². The number of aromatic nitrogens is 1. The second kappa shape index (κ2) is 11.0. The molecule has 4 aliphatic rings. The number of thiophene rings is 2. The van der Waals surface area contributed by atoms with Crippen LogP contribution >= 0.6 is 22.7 Å². The Labute approximate surface area is 325 Å². The van der Waals surface area contributed by atoms with Crippen LogP contribution in [0.4, 0.5) is 51.2 Å². The first-order valence-electron chi connectivity index (χ1n) is 18.4. The Hall–Kier alpha value is -6.48. The first kappa shape index (κ1) is 29.9. The number of hydrogen-bond donors (Lipinski definition) is 0. The van der Waals surface area contributed by atoms with Crippen molar-refractivity contribution in [1.82, 2.24) is 4.98 Å². The predicted molar refractivity (Wildman–Crippen MR) is 230 cm³/mol. The van der Waals surface area contributed by atoms with Crippen LogP contribution in [0, 0.1) is 0 Å². The molecule has 6 nitrogen and oxygen atoms in total. The summed E-state index contributed by atoms with van der Waals surface area (Å²) in [6.45, 7) is -0.0993. The van der Waals surface area contributed by atoms with Gasteiger partial charge in [0.05, 0.1) is 40.5 Å². The molecule has 5 aromatic carbocycles. The van der Waals surface area contributed by atoms with Crippen molar-refractivity contribution in [3.8, 4) is 11.5 Å². The number of pyridine rings is 1. The van der Waals surface area contributed by atoms with Crippen molar-refractivity contribution in [3.05, 3.63) is 157 Å². The second-order valence-electron chi connectivity index (χ2n) is 14.3. The Morgan fingerprint density at radius 2 is 1.09 bits per heavy atom. The molecule has 0 bridgehead atoms. The van der Waals surface area contributed by atoms with Gasteiger partial charge in [0, 0.05) is 43.5 Å². The zero-order valence-electron chi connectivity index (χ0n) is 29.1. The lowest BCUT2D eigenvalue weighted by Crippen LogP contribution is -2.60. The highest BCUT2D eigenvalue weighted by Gasteiger charge is 2.48. The largest absolute Gasteiger partial charge is 0.466 e. The maximum absolute atomic E-state index is 7.13. The number of nitrogens with zero attached hydrogens (tertiary/aromatic N) is 4. The molecule has 0 fully saturated rings. The number of anilines is 9. The van der Waals surface area contributed by atoms with E-state index in [0.717, 1.165) is 73.4 Å². The first-order chi connectivity index (χ1) is 27.3. The number of rotatable bonds is 3. The van der Waals surface area contributed by atoms with Gasteiger partial charge in [0.25, 0.3) is 6.71 Å². The minimum Gasteiger partial charge on any atom is -0.466 e. The Balaban J connectivity index is 1.06. The van der Waals surface area contributed by atoms with Gasteiger partial charge in [-0.15, -0.1) is 0 Å². The Bertz CT molecular complexity index is 3020. The van der Waals surface area contributed by atoms with Gasteiger partial charge in [-0.2, -0.15) is 22.7 Å². The van der Waals surface area contributed by atoms with Crippen molar-refractivity contribution in [1.29, 1.82) is 0 Å². The van der Waals surface area contributed by atoms with Crippen LogP contribution in [0.3, 0.4) is 0 Å². The summed E-state index contributed by atoms with van der Waals surface area (Å²) in [5, 5.41) is 5.38. The highest BCUT2D eigenvalue weighted by atomic mass is 32.1. The molecule has 0 spiro atoms. The molecule has 13 rings (SSSR count). The van der Waals surface area contributed by atoms with E-state index >= 15 is 0 Å². The van der Waals surface area contributed by atoms with Gasteiger partial charge in [0.2, 0.25) is 0 Å². The molecule has 55 heavy (non-hydrogen) atoms. The van der Waals surface area contributed by atoms with Gasteiger partial charge >= 0.3 is 6.71 Å². The number of furan rings is 1. The molecule has 10 heteroatoms. The quantitative estimate of drug-likeness (QED) is 0.170. The molecular weight excluding hydrogens is 714 g/mol. The van der Waals surface area contributed by atoms with Gasteiger partial charge in [-0.3, -0.25) is 4.98 Å². The highest BCUT2D eigenvalue weighted by Crippen LogP contribution is 2.47. The van der Waals surface area contributed by atoms with Crippen molar-refractivity contribution in [2.75, 3.05) is 14.7 Å². The summed E-state index contributed by atoms with van der Waals surface area (Å²) >= 11 is 3.59. The smallest absolute Gasteiger partial charge is 0.313 e. The molecule has 0 atom stereocenters. The van der Waals surface area contributed by atoms with E-state index in [1.54, 1.807) is 11.3 Å². The van der Waals surface area contributed by atoms with E-state index < -0.39 is 0 Å². The molecule has 0 N–H and O–H groups in total. The fourth-order valence-electron chi connectivity index (χ4n) is 9.38. The molecule has 0 amide bonds. The molecular formula is C45H26B2N4O2S2. The number of ether oxygens (including phenoxy) is 1. The summed E-state index contributed by atoms with van der Waals surface area (Å²) in [6.07, 6.45) is 4.06. The third kappa shape index (κ3) is 3.97. The third-order valence-electron chi connectivity index (χ3n) is 11.5. The third-order valence-corrected chi connectivity index (χ3v) is 13.5. The maximum atomic E-state index is 7.13. The van der Waals surface area contributed by atoms with Gasteiger partial charge in [-0.1, -0.05) is 60.7 Å². The topological polar surface area (TPSA) is 45.0 Å². The van der Waals surface area contributed by atoms with Crippen LogP contribution in [-0.4, -0.2) is 18.4 Å². The summed E-state index contributed by atoms with van der Waals surface area (Å²) in [5.74, 6) is 1.66. The average molecular weight is 740 g/mol. The standard InChI is InChI=1S/C45H26B2N4O2S2/c1-4-11-27(12-5-1)49-32-17-10-18-38-41(32)47(45-34(49)20-22-55-45)43-42(52-38)30-23-35-31(24-39(30)53-43)46-40-36(25-48-26-37(40)51(35)29-15-8-3-9-16-29)50(28-13-6-2-7-14-28)33-19-21-54-44(33)46/h1-26H. The summed E-state index contributed by atoms with van der Waals surface area (Å²) in [7, 11) is 0. The van der Waals surface area contributed by atoms with Gasteiger partial charge in [-0.25, -0.2) is 0 Å². The molecule has 0 saturated heterocycles. The second-order valence-corrected chi connectivity index (χ2v) is 16.2. The number of fused-ring (bicyclic) bond motifs is 10. The van der Waals surface area contributed by atoms with Crippen LogP contribution in [0.1, 0.15) is 0 Å². The molecule has 0 saturated carbocycles. The van der Waals surface area contributed by atoms with E-state index in [4.69, 9.17) is 14.1 Å². The van der Waals surface area contributed by atoms with Crippen molar-refractivity contribution in [2.45, 2.75) is 0 Å². The Kier molecular flexibility index (Phi) is 6.00. The maximum Gasteiger partial charge on any atom is 0.313 e. The van der Waals surface area contributed by atoms with E-state index in [2.05, 4.69) is 159 Å². The van der Waals surface area contributed by atoms with Crippen LogP contribution in [0.5, 0.6) is 11.5 Å². The fourth-order valence-corrected chi connectivity index (χ4v) is 11.4. The molecule has 4 aliphatic heterocycles. The van der Waals surface area contributed by atoms with Crippen LogP contribution in [0.25, 0.3) is 11.0 Å². The molecule has 0 aliphatic carbocycles. The predicted octanol–water partition coefficient (Wildman–Crippen LogP) is 8.44. The number of hydrogen-bond acceptors (Lipinski definition) is 8. The van der Waals surface area contributed by atoms with Crippen molar-refractivity contribution in [2.24, 2.45) is 0 Å². The van der Waals surface area contributed by atoms with Gasteiger partial charge in [0.1, 0.15) is 17.0 Å². The number of benzene rings is 5. The lowest BCUT2D eigenvalue weighted by Gasteiger charge is -2.42. The van der Waals surface area contributed by atoms with Gasteiger partial charge in [0.15, 0.2) is 5.75 Å². The van der Waals surface area contributed by atoms with E-state index in [9.17, 15) is 0 Å². The van der Waals surface area contributed by atoms with Crippen LogP contribution in [-0.2, 0) is 0 Å². The molecule has 9 aromatic rings. The van der Waals surface area contributed by atoms with Crippen molar-refractivity contribution in [3.63, 3.8) is 0 Å². The molecule has 0 radical (unpaired) electrons. The van der Waals surface area contributed by atoms with Crippen molar-refractivity contribution >= 4 is 130 Å². The first-order valence-corrected chi connectivity index (χ1v) is 20.2. The number of para-hydroxylation sites is 3. The highest BCUT2D eigenvalue weighted by molar-refractivity contribution is 7.28. The molecule has 0 unspecified atom stereocenters. The normalized spacial score (nSPS) is 14.1. The molecule has 4 aromatic heterocycles. The Morgan fingerprint density at radius 3 is 1.73 bits per heavy atom. The Morgan fingerprint density at radius 1 is 0.509 bits per heavy atom. The lowest BCUT2D eigenvalue weighted by molar-refractivity contribution is 0.482. The molecule has 8 heterocycles. The molecule has 256 valence electrons. The SMILES string of the molecule is c1ccc(N2c3ccsc3B3c4oc5cc6c(cc5c4Oc4cccc2c43)N(c2ccccc2)c2cncc3c2B6c2sccc2N3c2ccccc2)cc1. The van der Waals surface area contributed by atoms with Gasteiger partial charge in [-0.05, 0) is 94.5 Å².